The minimum absolute atomic E-state index is 0.0337. The Morgan fingerprint density at radius 2 is 1.73 bits per heavy atom. The van der Waals surface area contributed by atoms with Crippen LogP contribution in [0.2, 0.25) is 0 Å². The molecule has 158 valence electrons. The van der Waals surface area contributed by atoms with Crippen LogP contribution in [-0.4, -0.2) is 35.4 Å². The van der Waals surface area contributed by atoms with Gasteiger partial charge < -0.3 is 15.4 Å². The van der Waals surface area contributed by atoms with Crippen LogP contribution in [0.3, 0.4) is 0 Å². The van der Waals surface area contributed by atoms with E-state index in [0.717, 1.165) is 12.1 Å². The number of benzene rings is 2. The maximum Gasteiger partial charge on any atom is 0.329 e. The summed E-state index contributed by atoms with van der Waals surface area (Å²) in [7, 11) is 0. The van der Waals surface area contributed by atoms with E-state index in [1.54, 1.807) is 13.8 Å². The highest BCUT2D eigenvalue weighted by atomic mass is 19.1. The molecule has 30 heavy (non-hydrogen) atoms. The van der Waals surface area contributed by atoms with Gasteiger partial charge in [0.25, 0.3) is 17.5 Å². The molecule has 0 spiro atoms. The van der Waals surface area contributed by atoms with E-state index in [2.05, 4.69) is 10.6 Å². The number of rotatable bonds is 8. The third-order valence-corrected chi connectivity index (χ3v) is 4.03. The lowest BCUT2D eigenvalue weighted by Gasteiger charge is -2.20. The normalized spacial score (nSPS) is 11.5. The molecule has 2 N–H and O–H groups in total. The molecule has 2 aromatic carbocycles. The average molecular weight is 417 g/mol. The van der Waals surface area contributed by atoms with Gasteiger partial charge in [0, 0.05) is 11.6 Å². The van der Waals surface area contributed by atoms with Crippen LogP contribution in [0.1, 0.15) is 24.2 Å². The van der Waals surface area contributed by atoms with Crippen molar-refractivity contribution < 1.29 is 28.4 Å². The van der Waals surface area contributed by atoms with Crippen molar-refractivity contribution in [3.63, 3.8) is 0 Å². The highest BCUT2D eigenvalue weighted by Crippen LogP contribution is 2.22. The zero-order valence-electron chi connectivity index (χ0n) is 16.3. The average Bonchev–Trinajstić information content (AvgIpc) is 2.70. The van der Waals surface area contributed by atoms with Crippen LogP contribution in [-0.2, 0) is 14.3 Å². The van der Waals surface area contributed by atoms with Crippen LogP contribution < -0.4 is 10.6 Å². The summed E-state index contributed by atoms with van der Waals surface area (Å²) < 4.78 is 17.9. The number of carbonyl (C=O) groups excluding carboxylic acids is 3. The van der Waals surface area contributed by atoms with E-state index < -0.39 is 41.2 Å². The van der Waals surface area contributed by atoms with Crippen LogP contribution in [0, 0.1) is 21.8 Å². The first-order valence-corrected chi connectivity index (χ1v) is 8.95. The summed E-state index contributed by atoms with van der Waals surface area (Å²) in [5, 5.41) is 15.8. The molecule has 0 heterocycles. The van der Waals surface area contributed by atoms with Gasteiger partial charge in [0.15, 0.2) is 6.61 Å². The van der Waals surface area contributed by atoms with Crippen molar-refractivity contribution in [2.24, 2.45) is 5.92 Å². The third kappa shape index (κ3) is 6.09. The van der Waals surface area contributed by atoms with Gasteiger partial charge in [0.05, 0.1) is 4.92 Å². The molecule has 2 aromatic rings. The Balaban J connectivity index is 1.96. The van der Waals surface area contributed by atoms with Gasteiger partial charge in [-0.1, -0.05) is 26.0 Å². The summed E-state index contributed by atoms with van der Waals surface area (Å²) in [5.41, 5.74) is -0.179. The zero-order chi connectivity index (χ0) is 22.3. The van der Waals surface area contributed by atoms with Crippen molar-refractivity contribution >= 4 is 29.2 Å². The molecule has 1 atom stereocenters. The second-order valence-electron chi connectivity index (χ2n) is 6.63. The molecule has 0 saturated carbocycles. The van der Waals surface area contributed by atoms with E-state index in [-0.39, 0.29) is 22.9 Å². The van der Waals surface area contributed by atoms with Crippen LogP contribution in [0.25, 0.3) is 0 Å². The molecule has 0 aliphatic rings. The molecular weight excluding hydrogens is 397 g/mol. The number of esters is 1. The lowest BCUT2D eigenvalue weighted by atomic mass is 10.0. The first-order valence-electron chi connectivity index (χ1n) is 8.95. The van der Waals surface area contributed by atoms with Gasteiger partial charge in [-0.3, -0.25) is 19.7 Å². The molecule has 0 aliphatic heterocycles. The molecule has 2 amide bonds. The Labute approximate surface area is 171 Å². The molecular formula is C20H20FN3O6. The number of ether oxygens (including phenoxy) is 1. The molecule has 10 heteroatoms. The first-order chi connectivity index (χ1) is 14.2. The maximum absolute atomic E-state index is 13.0. The summed E-state index contributed by atoms with van der Waals surface area (Å²) in [6.07, 6.45) is 0. The van der Waals surface area contributed by atoms with Gasteiger partial charge >= 0.3 is 5.97 Å². The predicted molar refractivity (Wildman–Crippen MR) is 105 cm³/mol. The lowest BCUT2D eigenvalue weighted by Crippen LogP contribution is -2.45. The van der Waals surface area contributed by atoms with Crippen molar-refractivity contribution in [3.05, 3.63) is 70.0 Å². The number of anilines is 1. The Hall–Kier alpha value is -3.82. The fourth-order valence-corrected chi connectivity index (χ4v) is 2.47. The number of para-hydroxylation sites is 2. The number of hydrogen-bond donors (Lipinski definition) is 2. The fraction of sp³-hybridized carbons (Fsp3) is 0.250. The molecule has 0 aliphatic carbocycles. The van der Waals surface area contributed by atoms with Crippen molar-refractivity contribution in [3.8, 4) is 0 Å². The smallest absolute Gasteiger partial charge is 0.329 e. The summed E-state index contributed by atoms with van der Waals surface area (Å²) in [4.78, 5) is 47.0. The van der Waals surface area contributed by atoms with Crippen molar-refractivity contribution in [2.45, 2.75) is 19.9 Å². The number of nitrogens with zero attached hydrogens (tertiary/aromatic N) is 1. The first kappa shape index (κ1) is 22.5. The Bertz CT molecular complexity index is 946. The van der Waals surface area contributed by atoms with E-state index in [1.165, 1.54) is 36.4 Å². The van der Waals surface area contributed by atoms with Crippen LogP contribution in [0.5, 0.6) is 0 Å². The quantitative estimate of drug-likeness (QED) is 0.386. The second kappa shape index (κ2) is 10.1. The number of nitro groups is 1. The van der Waals surface area contributed by atoms with E-state index >= 15 is 0 Å². The molecule has 0 unspecified atom stereocenters. The van der Waals surface area contributed by atoms with Crippen LogP contribution in [0.15, 0.2) is 48.5 Å². The van der Waals surface area contributed by atoms with Gasteiger partial charge in [-0.2, -0.15) is 0 Å². The summed E-state index contributed by atoms with van der Waals surface area (Å²) in [5.74, 6) is -3.09. The number of halogens is 1. The third-order valence-electron chi connectivity index (χ3n) is 4.03. The lowest BCUT2D eigenvalue weighted by molar-refractivity contribution is -0.383. The van der Waals surface area contributed by atoms with Crippen molar-refractivity contribution in [2.75, 3.05) is 11.9 Å². The standard InChI is InChI=1S/C20H20FN3O6/c1-12(2)18(23-19(26)13-7-9-14(21)10-8-13)20(27)30-11-17(25)22-15-5-3-4-6-16(15)24(28)29/h3-10,12,18H,11H2,1-2H3,(H,22,25)(H,23,26)/t18-/m0/s1. The molecule has 2 rings (SSSR count). The Morgan fingerprint density at radius 1 is 1.10 bits per heavy atom. The summed E-state index contributed by atoms with van der Waals surface area (Å²) in [6, 6.07) is 9.25. The van der Waals surface area contributed by atoms with Gasteiger partial charge in [-0.15, -0.1) is 0 Å². The minimum Gasteiger partial charge on any atom is -0.454 e. The number of nitrogens with one attached hydrogen (secondary N) is 2. The number of nitro benzene ring substituents is 1. The van der Waals surface area contributed by atoms with E-state index in [1.807, 2.05) is 0 Å². The molecule has 0 saturated heterocycles. The van der Waals surface area contributed by atoms with Gasteiger partial charge in [0.2, 0.25) is 0 Å². The Morgan fingerprint density at radius 3 is 2.33 bits per heavy atom. The molecule has 9 nitrogen and oxygen atoms in total. The molecule has 0 bridgehead atoms. The summed E-state index contributed by atoms with van der Waals surface area (Å²) >= 11 is 0. The predicted octanol–water partition coefficient (Wildman–Crippen LogP) is 2.67. The van der Waals surface area contributed by atoms with Gasteiger partial charge in [-0.05, 0) is 36.2 Å². The monoisotopic (exact) mass is 417 g/mol. The maximum atomic E-state index is 13.0. The topological polar surface area (TPSA) is 128 Å². The highest BCUT2D eigenvalue weighted by molar-refractivity contribution is 5.98. The molecule has 0 fully saturated rings. The van der Waals surface area contributed by atoms with E-state index in [0.29, 0.717) is 0 Å². The zero-order valence-corrected chi connectivity index (χ0v) is 16.3. The van der Waals surface area contributed by atoms with Crippen LogP contribution in [0.4, 0.5) is 15.8 Å². The number of carbonyl (C=O) groups is 3. The highest BCUT2D eigenvalue weighted by Gasteiger charge is 2.27. The van der Waals surface area contributed by atoms with Crippen molar-refractivity contribution in [1.29, 1.82) is 0 Å². The van der Waals surface area contributed by atoms with Gasteiger partial charge in [0.1, 0.15) is 17.5 Å². The number of amides is 2. The van der Waals surface area contributed by atoms with Gasteiger partial charge in [-0.25, -0.2) is 9.18 Å². The second-order valence-corrected chi connectivity index (χ2v) is 6.63. The van der Waals surface area contributed by atoms with E-state index in [4.69, 9.17) is 4.74 Å². The van der Waals surface area contributed by atoms with Crippen molar-refractivity contribution in [1.82, 2.24) is 5.32 Å². The molecule has 0 radical (unpaired) electrons. The molecule has 0 aromatic heterocycles. The Kier molecular flexibility index (Phi) is 7.56. The number of hydrogen-bond acceptors (Lipinski definition) is 6. The fourth-order valence-electron chi connectivity index (χ4n) is 2.47. The van der Waals surface area contributed by atoms with Crippen LogP contribution >= 0.6 is 0 Å². The summed E-state index contributed by atoms with van der Waals surface area (Å²) in [6.45, 7) is 2.65. The SMILES string of the molecule is CC(C)[C@H](NC(=O)c1ccc(F)cc1)C(=O)OCC(=O)Nc1ccccc1[N+](=O)[O-]. The van der Waals surface area contributed by atoms with E-state index in [9.17, 15) is 28.9 Å². The minimum atomic E-state index is -1.05. The largest absolute Gasteiger partial charge is 0.454 e.